The van der Waals surface area contributed by atoms with Gasteiger partial charge < -0.3 is 10.1 Å². The van der Waals surface area contributed by atoms with E-state index in [1.807, 2.05) is 32.2 Å². The number of aromatic nitrogens is 1. The molecule has 1 unspecified atom stereocenters. The van der Waals surface area contributed by atoms with Gasteiger partial charge in [0.15, 0.2) is 0 Å². The largest absolute Gasteiger partial charge is 0.372 e. The van der Waals surface area contributed by atoms with Gasteiger partial charge in [0.25, 0.3) is 0 Å². The van der Waals surface area contributed by atoms with Gasteiger partial charge in [-0.1, -0.05) is 18.2 Å². The van der Waals surface area contributed by atoms with Crippen molar-refractivity contribution in [3.63, 3.8) is 0 Å². The Bertz CT molecular complexity index is 525. The van der Waals surface area contributed by atoms with Crippen molar-refractivity contribution < 1.29 is 4.74 Å². The number of aryl methyl sites for hydroxylation is 1. The summed E-state index contributed by atoms with van der Waals surface area (Å²) in [4.78, 5) is 4.53. The number of likely N-dealkylation sites (N-methyl/N-ethyl adjacent to an activating group) is 1. The van der Waals surface area contributed by atoms with Crippen LogP contribution in [0.25, 0.3) is 10.9 Å². The van der Waals surface area contributed by atoms with Crippen LogP contribution in [0.1, 0.15) is 18.2 Å². The second-order valence-corrected chi connectivity index (χ2v) is 4.62. The van der Waals surface area contributed by atoms with Crippen LogP contribution in [0, 0.1) is 6.92 Å². The lowest BCUT2D eigenvalue weighted by Crippen LogP contribution is -2.23. The number of nitrogens with one attached hydrogen (secondary N) is 1. The number of hydrogen-bond acceptors (Lipinski definition) is 3. The van der Waals surface area contributed by atoms with Crippen molar-refractivity contribution in [3.8, 4) is 0 Å². The van der Waals surface area contributed by atoms with Crippen molar-refractivity contribution in [1.82, 2.24) is 10.3 Å². The van der Waals surface area contributed by atoms with Crippen LogP contribution in [-0.2, 0) is 11.3 Å². The number of para-hydroxylation sites is 1. The molecule has 3 heteroatoms. The standard InChI is InChI=1S/C15H20N2O/c1-11-8-13(10-18-12(2)9-16-3)14-6-4-5-7-15(14)17-11/h4-8,12,16H,9-10H2,1-3H3. The fraction of sp³-hybridized carbons (Fsp3) is 0.400. The van der Waals surface area contributed by atoms with Gasteiger partial charge in [-0.2, -0.15) is 0 Å². The fourth-order valence-corrected chi connectivity index (χ4v) is 2.09. The molecule has 1 aromatic heterocycles. The highest BCUT2D eigenvalue weighted by molar-refractivity contribution is 5.82. The summed E-state index contributed by atoms with van der Waals surface area (Å²) in [5.41, 5.74) is 3.28. The van der Waals surface area contributed by atoms with Crippen LogP contribution in [0.3, 0.4) is 0 Å². The van der Waals surface area contributed by atoms with E-state index in [1.165, 1.54) is 10.9 Å². The van der Waals surface area contributed by atoms with Crippen molar-refractivity contribution in [2.45, 2.75) is 26.6 Å². The molecule has 0 radical (unpaired) electrons. The second kappa shape index (κ2) is 5.94. The molecule has 0 aliphatic carbocycles. The van der Waals surface area contributed by atoms with Crippen LogP contribution in [0.15, 0.2) is 30.3 Å². The number of benzene rings is 1. The van der Waals surface area contributed by atoms with E-state index in [4.69, 9.17) is 4.74 Å². The Morgan fingerprint density at radius 3 is 2.89 bits per heavy atom. The number of pyridine rings is 1. The lowest BCUT2D eigenvalue weighted by atomic mass is 10.1. The van der Waals surface area contributed by atoms with E-state index in [1.54, 1.807) is 0 Å². The van der Waals surface area contributed by atoms with E-state index < -0.39 is 0 Å². The van der Waals surface area contributed by atoms with Crippen LogP contribution >= 0.6 is 0 Å². The van der Waals surface area contributed by atoms with E-state index >= 15 is 0 Å². The molecule has 1 heterocycles. The topological polar surface area (TPSA) is 34.1 Å². The number of rotatable bonds is 5. The summed E-state index contributed by atoms with van der Waals surface area (Å²) in [6, 6.07) is 10.3. The minimum Gasteiger partial charge on any atom is -0.372 e. The number of fused-ring (bicyclic) bond motifs is 1. The van der Waals surface area contributed by atoms with Crippen molar-refractivity contribution in [1.29, 1.82) is 0 Å². The van der Waals surface area contributed by atoms with Crippen LogP contribution in [0.2, 0.25) is 0 Å². The lowest BCUT2D eigenvalue weighted by Gasteiger charge is -2.14. The predicted molar refractivity (Wildman–Crippen MR) is 74.7 cm³/mol. The van der Waals surface area contributed by atoms with E-state index in [-0.39, 0.29) is 6.10 Å². The van der Waals surface area contributed by atoms with Crippen molar-refractivity contribution in [2.24, 2.45) is 0 Å². The number of ether oxygens (including phenoxy) is 1. The highest BCUT2D eigenvalue weighted by Crippen LogP contribution is 2.19. The molecule has 2 aromatic rings. The third kappa shape index (κ3) is 3.06. The van der Waals surface area contributed by atoms with Gasteiger partial charge in [-0.3, -0.25) is 4.98 Å². The molecule has 0 saturated carbocycles. The average Bonchev–Trinajstić information content (AvgIpc) is 2.36. The van der Waals surface area contributed by atoms with Gasteiger partial charge in [-0.25, -0.2) is 0 Å². The first-order valence-electron chi connectivity index (χ1n) is 6.32. The molecule has 2 rings (SSSR count). The molecular weight excluding hydrogens is 224 g/mol. The maximum atomic E-state index is 5.84. The molecule has 0 saturated heterocycles. The predicted octanol–water partition coefficient (Wildman–Crippen LogP) is 2.67. The molecule has 18 heavy (non-hydrogen) atoms. The number of hydrogen-bond donors (Lipinski definition) is 1. The van der Waals surface area contributed by atoms with E-state index in [0.29, 0.717) is 6.61 Å². The molecule has 0 fully saturated rings. The molecule has 3 nitrogen and oxygen atoms in total. The summed E-state index contributed by atoms with van der Waals surface area (Å²) in [7, 11) is 1.94. The molecule has 0 aliphatic rings. The SMILES string of the molecule is CNCC(C)OCc1cc(C)nc2ccccc12. The summed E-state index contributed by atoms with van der Waals surface area (Å²) in [6.45, 7) is 5.59. The van der Waals surface area contributed by atoms with E-state index in [2.05, 4.69) is 29.4 Å². The van der Waals surface area contributed by atoms with Crippen LogP contribution in [0.5, 0.6) is 0 Å². The van der Waals surface area contributed by atoms with Gasteiger partial charge in [-0.15, -0.1) is 0 Å². The van der Waals surface area contributed by atoms with E-state index in [9.17, 15) is 0 Å². The molecule has 1 aromatic carbocycles. The normalized spacial score (nSPS) is 12.8. The van der Waals surface area contributed by atoms with Gasteiger partial charge >= 0.3 is 0 Å². The molecular formula is C15H20N2O. The Morgan fingerprint density at radius 1 is 1.33 bits per heavy atom. The van der Waals surface area contributed by atoms with Crippen molar-refractivity contribution >= 4 is 10.9 Å². The highest BCUT2D eigenvalue weighted by atomic mass is 16.5. The molecule has 0 spiro atoms. The van der Waals surface area contributed by atoms with Gasteiger partial charge in [-0.05, 0) is 38.6 Å². The zero-order chi connectivity index (χ0) is 13.0. The summed E-state index contributed by atoms with van der Waals surface area (Å²) in [5, 5.41) is 4.30. The van der Waals surface area contributed by atoms with Crippen LogP contribution < -0.4 is 5.32 Å². The summed E-state index contributed by atoms with van der Waals surface area (Å²) in [6.07, 6.45) is 0.210. The second-order valence-electron chi connectivity index (χ2n) is 4.62. The molecule has 96 valence electrons. The first kappa shape index (κ1) is 13.0. The minimum absolute atomic E-state index is 0.210. The maximum absolute atomic E-state index is 5.84. The fourth-order valence-electron chi connectivity index (χ4n) is 2.09. The third-order valence-electron chi connectivity index (χ3n) is 2.94. The molecule has 0 bridgehead atoms. The molecule has 0 aliphatic heterocycles. The van der Waals surface area contributed by atoms with Crippen LogP contribution in [-0.4, -0.2) is 24.7 Å². The Hall–Kier alpha value is -1.45. The van der Waals surface area contributed by atoms with Crippen LogP contribution in [0.4, 0.5) is 0 Å². The first-order chi connectivity index (χ1) is 8.70. The Balaban J connectivity index is 2.21. The van der Waals surface area contributed by atoms with Gasteiger partial charge in [0.1, 0.15) is 0 Å². The van der Waals surface area contributed by atoms with Gasteiger partial charge in [0.05, 0.1) is 18.2 Å². The third-order valence-corrected chi connectivity index (χ3v) is 2.94. The molecule has 1 N–H and O–H groups in total. The monoisotopic (exact) mass is 244 g/mol. The van der Waals surface area contributed by atoms with Gasteiger partial charge in [0, 0.05) is 17.6 Å². The highest BCUT2D eigenvalue weighted by Gasteiger charge is 2.06. The zero-order valence-corrected chi connectivity index (χ0v) is 11.2. The molecule has 0 amide bonds. The number of nitrogens with zero attached hydrogens (tertiary/aromatic N) is 1. The summed E-state index contributed by atoms with van der Waals surface area (Å²) >= 11 is 0. The Morgan fingerprint density at radius 2 is 2.11 bits per heavy atom. The maximum Gasteiger partial charge on any atom is 0.0728 e. The molecule has 1 atom stereocenters. The zero-order valence-electron chi connectivity index (χ0n) is 11.2. The van der Waals surface area contributed by atoms with Crippen molar-refractivity contribution in [2.75, 3.05) is 13.6 Å². The average molecular weight is 244 g/mol. The smallest absolute Gasteiger partial charge is 0.0728 e. The minimum atomic E-state index is 0.210. The van der Waals surface area contributed by atoms with E-state index in [0.717, 1.165) is 17.8 Å². The lowest BCUT2D eigenvalue weighted by molar-refractivity contribution is 0.0551. The summed E-state index contributed by atoms with van der Waals surface area (Å²) in [5.74, 6) is 0. The Labute approximate surface area is 108 Å². The van der Waals surface area contributed by atoms with Gasteiger partial charge in [0.2, 0.25) is 0 Å². The van der Waals surface area contributed by atoms with Crippen molar-refractivity contribution in [3.05, 3.63) is 41.6 Å². The first-order valence-corrected chi connectivity index (χ1v) is 6.32. The summed E-state index contributed by atoms with van der Waals surface area (Å²) < 4.78 is 5.84. The Kier molecular flexibility index (Phi) is 4.28. The quantitative estimate of drug-likeness (QED) is 0.878.